The number of thiophene rings is 1. The number of benzene rings is 1. The van der Waals surface area contributed by atoms with Crippen molar-refractivity contribution in [2.75, 3.05) is 13.2 Å². The summed E-state index contributed by atoms with van der Waals surface area (Å²) in [7, 11) is 0. The van der Waals surface area contributed by atoms with E-state index in [0.717, 1.165) is 31.7 Å². The van der Waals surface area contributed by atoms with Crippen molar-refractivity contribution in [2.45, 2.75) is 32.7 Å². The number of hydrogen-bond donors (Lipinski definition) is 1. The molecule has 1 aromatic carbocycles. The highest BCUT2D eigenvalue weighted by atomic mass is 32.1. The molecule has 0 bridgehead atoms. The summed E-state index contributed by atoms with van der Waals surface area (Å²) in [6.07, 6.45) is 2.14. The van der Waals surface area contributed by atoms with Crippen molar-refractivity contribution in [1.29, 1.82) is 0 Å². The van der Waals surface area contributed by atoms with Crippen LogP contribution in [0.15, 0.2) is 41.8 Å². The van der Waals surface area contributed by atoms with Crippen molar-refractivity contribution in [3.05, 3.63) is 52.2 Å². The summed E-state index contributed by atoms with van der Waals surface area (Å²) in [4.78, 5) is 1.37. The third kappa shape index (κ3) is 4.66. The van der Waals surface area contributed by atoms with Crippen molar-refractivity contribution in [3.63, 3.8) is 0 Å². The summed E-state index contributed by atoms with van der Waals surface area (Å²) in [5, 5.41) is 5.87. The number of nitrogens with one attached hydrogen (secondary N) is 1. The number of aryl methyl sites for hydroxylation is 1. The van der Waals surface area contributed by atoms with Gasteiger partial charge in [0.1, 0.15) is 5.75 Å². The first kappa shape index (κ1) is 15.1. The summed E-state index contributed by atoms with van der Waals surface area (Å²) in [6, 6.07) is 12.7. The lowest BCUT2D eigenvalue weighted by molar-refractivity contribution is 0.286. The van der Waals surface area contributed by atoms with E-state index < -0.39 is 0 Å². The Morgan fingerprint density at radius 1 is 1.25 bits per heavy atom. The van der Waals surface area contributed by atoms with E-state index in [0.29, 0.717) is 6.04 Å². The molecular formula is C17H23NOS. The van der Waals surface area contributed by atoms with E-state index in [2.05, 4.69) is 30.6 Å². The predicted octanol–water partition coefficient (Wildman–Crippen LogP) is 4.57. The molecule has 1 N–H and O–H groups in total. The molecule has 0 aliphatic heterocycles. The van der Waals surface area contributed by atoms with Gasteiger partial charge in [-0.25, -0.2) is 0 Å². The molecule has 0 saturated carbocycles. The first-order valence-corrected chi connectivity index (χ1v) is 8.14. The Morgan fingerprint density at radius 2 is 2.05 bits per heavy atom. The van der Waals surface area contributed by atoms with E-state index in [9.17, 15) is 0 Å². The Bertz CT molecular complexity index is 495. The maximum Gasteiger partial charge on any atom is 0.119 e. The van der Waals surface area contributed by atoms with Gasteiger partial charge in [0.2, 0.25) is 0 Å². The molecule has 0 aliphatic carbocycles. The van der Waals surface area contributed by atoms with Gasteiger partial charge < -0.3 is 10.1 Å². The molecule has 0 radical (unpaired) electrons. The van der Waals surface area contributed by atoms with Crippen LogP contribution < -0.4 is 10.1 Å². The highest BCUT2D eigenvalue weighted by Gasteiger charge is 2.12. The summed E-state index contributed by atoms with van der Waals surface area (Å²) >= 11 is 1.82. The monoisotopic (exact) mass is 289 g/mol. The quantitative estimate of drug-likeness (QED) is 0.769. The highest BCUT2D eigenvalue weighted by molar-refractivity contribution is 7.10. The molecule has 2 nitrogen and oxygen atoms in total. The van der Waals surface area contributed by atoms with Crippen LogP contribution in [0.5, 0.6) is 5.75 Å². The van der Waals surface area contributed by atoms with Crippen molar-refractivity contribution in [2.24, 2.45) is 0 Å². The van der Waals surface area contributed by atoms with Gasteiger partial charge in [-0.1, -0.05) is 25.1 Å². The minimum atomic E-state index is 0.392. The van der Waals surface area contributed by atoms with Crippen molar-refractivity contribution < 1.29 is 4.74 Å². The van der Waals surface area contributed by atoms with Crippen LogP contribution in [0.25, 0.3) is 0 Å². The predicted molar refractivity (Wildman–Crippen MR) is 86.6 cm³/mol. The largest absolute Gasteiger partial charge is 0.494 e. The molecule has 1 atom stereocenters. The fraction of sp³-hybridized carbons (Fsp3) is 0.412. The SMILES string of the molecule is CCCNC(CCOc1ccccc1)c1csc(C)c1. The van der Waals surface area contributed by atoms with E-state index in [1.54, 1.807) is 0 Å². The highest BCUT2D eigenvalue weighted by Crippen LogP contribution is 2.23. The van der Waals surface area contributed by atoms with Gasteiger partial charge in [-0.3, -0.25) is 0 Å². The number of hydrogen-bond acceptors (Lipinski definition) is 3. The normalized spacial score (nSPS) is 12.3. The van der Waals surface area contributed by atoms with Crippen molar-refractivity contribution >= 4 is 11.3 Å². The van der Waals surface area contributed by atoms with E-state index in [1.807, 2.05) is 41.7 Å². The number of ether oxygens (including phenoxy) is 1. The average molecular weight is 289 g/mol. The molecule has 2 rings (SSSR count). The van der Waals surface area contributed by atoms with Crippen LogP contribution in [-0.2, 0) is 0 Å². The van der Waals surface area contributed by atoms with Crippen LogP contribution in [0.3, 0.4) is 0 Å². The van der Waals surface area contributed by atoms with E-state index in [-0.39, 0.29) is 0 Å². The van der Waals surface area contributed by atoms with Crippen LogP contribution in [-0.4, -0.2) is 13.2 Å². The van der Waals surface area contributed by atoms with Gasteiger partial charge in [0.05, 0.1) is 6.61 Å². The van der Waals surface area contributed by atoms with Gasteiger partial charge in [-0.15, -0.1) is 11.3 Å². The molecule has 0 spiro atoms. The smallest absolute Gasteiger partial charge is 0.119 e. The summed E-state index contributed by atoms with van der Waals surface area (Å²) in [5.74, 6) is 0.947. The summed E-state index contributed by atoms with van der Waals surface area (Å²) < 4.78 is 5.81. The Hall–Kier alpha value is -1.32. The molecule has 0 aliphatic rings. The van der Waals surface area contributed by atoms with Crippen LogP contribution in [0.2, 0.25) is 0 Å². The van der Waals surface area contributed by atoms with Gasteiger partial charge in [-0.2, -0.15) is 0 Å². The van der Waals surface area contributed by atoms with Crippen LogP contribution >= 0.6 is 11.3 Å². The second-order valence-corrected chi connectivity index (χ2v) is 6.06. The van der Waals surface area contributed by atoms with Gasteiger partial charge in [0.15, 0.2) is 0 Å². The molecule has 1 unspecified atom stereocenters. The van der Waals surface area contributed by atoms with Gasteiger partial charge in [-0.05, 0) is 49.0 Å². The molecular weight excluding hydrogens is 266 g/mol. The third-order valence-corrected chi connectivity index (χ3v) is 4.09. The van der Waals surface area contributed by atoms with Gasteiger partial charge in [0.25, 0.3) is 0 Å². The number of para-hydroxylation sites is 1. The molecule has 1 aromatic heterocycles. The van der Waals surface area contributed by atoms with Crippen LogP contribution in [0.1, 0.15) is 36.2 Å². The maximum absolute atomic E-state index is 5.81. The minimum absolute atomic E-state index is 0.392. The Labute approximate surface area is 125 Å². The first-order valence-electron chi connectivity index (χ1n) is 7.26. The average Bonchev–Trinajstić information content (AvgIpc) is 2.90. The third-order valence-electron chi connectivity index (χ3n) is 3.21. The second kappa shape index (κ2) is 8.08. The topological polar surface area (TPSA) is 21.3 Å². The molecule has 2 aromatic rings. The van der Waals surface area contributed by atoms with E-state index in [1.165, 1.54) is 10.4 Å². The zero-order chi connectivity index (χ0) is 14.2. The fourth-order valence-electron chi connectivity index (χ4n) is 2.16. The maximum atomic E-state index is 5.81. The number of rotatable bonds is 8. The lowest BCUT2D eigenvalue weighted by Gasteiger charge is -2.18. The van der Waals surface area contributed by atoms with Crippen molar-refractivity contribution in [1.82, 2.24) is 5.32 Å². The minimum Gasteiger partial charge on any atom is -0.494 e. The second-order valence-electron chi connectivity index (χ2n) is 4.95. The first-order chi connectivity index (χ1) is 9.79. The Balaban J connectivity index is 1.87. The van der Waals surface area contributed by atoms with Crippen LogP contribution in [0.4, 0.5) is 0 Å². The standard InChI is InChI=1S/C17H23NOS/c1-3-10-18-17(15-12-14(2)20-13-15)9-11-19-16-7-5-4-6-8-16/h4-8,12-13,17-18H,3,9-11H2,1-2H3. The zero-order valence-electron chi connectivity index (χ0n) is 12.3. The van der Waals surface area contributed by atoms with Crippen LogP contribution in [0, 0.1) is 6.92 Å². The Morgan fingerprint density at radius 3 is 2.70 bits per heavy atom. The fourth-order valence-corrected chi connectivity index (χ4v) is 2.92. The molecule has 1 heterocycles. The summed E-state index contributed by atoms with van der Waals surface area (Å²) in [6.45, 7) is 6.14. The molecule has 3 heteroatoms. The molecule has 0 saturated heterocycles. The Kier molecular flexibility index (Phi) is 6.09. The lowest BCUT2D eigenvalue weighted by atomic mass is 10.1. The van der Waals surface area contributed by atoms with Gasteiger partial charge >= 0.3 is 0 Å². The van der Waals surface area contributed by atoms with E-state index >= 15 is 0 Å². The summed E-state index contributed by atoms with van der Waals surface area (Å²) in [5.41, 5.74) is 1.39. The van der Waals surface area contributed by atoms with Crippen molar-refractivity contribution in [3.8, 4) is 5.75 Å². The molecule has 108 valence electrons. The zero-order valence-corrected chi connectivity index (χ0v) is 13.1. The lowest BCUT2D eigenvalue weighted by Crippen LogP contribution is -2.23. The molecule has 20 heavy (non-hydrogen) atoms. The van der Waals surface area contributed by atoms with E-state index in [4.69, 9.17) is 4.74 Å². The molecule has 0 fully saturated rings. The molecule has 0 amide bonds. The van der Waals surface area contributed by atoms with Gasteiger partial charge in [0, 0.05) is 17.3 Å².